The van der Waals surface area contributed by atoms with Crippen molar-refractivity contribution in [2.45, 2.75) is 6.54 Å². The Morgan fingerprint density at radius 3 is 2.61 bits per heavy atom. The Labute approximate surface area is 103 Å². The van der Waals surface area contributed by atoms with Crippen LogP contribution >= 0.6 is 0 Å². The molecule has 7 heteroatoms. The lowest BCUT2D eigenvalue weighted by molar-refractivity contribution is 0.615. The van der Waals surface area contributed by atoms with E-state index in [1.54, 1.807) is 10.9 Å². The van der Waals surface area contributed by atoms with Gasteiger partial charge in [0, 0.05) is 5.56 Å². The standard InChI is InChI=1S/C11H9N7/c1-2-4-9(5-3-1)10-6-12-11(15-14-10)7-18-8-13-16-17-18/h1-6,8H,7H2. The van der Waals surface area contributed by atoms with Gasteiger partial charge in [0.2, 0.25) is 0 Å². The second kappa shape index (κ2) is 4.66. The van der Waals surface area contributed by atoms with Crippen LogP contribution in [0.2, 0.25) is 0 Å². The molecule has 0 saturated carbocycles. The molecule has 0 atom stereocenters. The Hall–Kier alpha value is -2.70. The molecular weight excluding hydrogens is 230 g/mol. The third-order valence-electron chi connectivity index (χ3n) is 2.37. The third-order valence-corrected chi connectivity index (χ3v) is 2.37. The van der Waals surface area contributed by atoms with Crippen LogP contribution in [0.25, 0.3) is 11.3 Å². The fourth-order valence-electron chi connectivity index (χ4n) is 1.51. The van der Waals surface area contributed by atoms with Crippen molar-refractivity contribution >= 4 is 0 Å². The summed E-state index contributed by atoms with van der Waals surface area (Å²) in [6.45, 7) is 0.412. The molecule has 0 fully saturated rings. The average molecular weight is 239 g/mol. The van der Waals surface area contributed by atoms with E-state index < -0.39 is 0 Å². The lowest BCUT2D eigenvalue weighted by atomic mass is 10.2. The molecule has 1 aromatic carbocycles. The first kappa shape index (κ1) is 10.5. The van der Waals surface area contributed by atoms with Gasteiger partial charge in [-0.1, -0.05) is 30.3 Å². The zero-order valence-electron chi connectivity index (χ0n) is 9.38. The summed E-state index contributed by atoms with van der Waals surface area (Å²) < 4.78 is 1.54. The van der Waals surface area contributed by atoms with Gasteiger partial charge in [0.15, 0.2) is 5.82 Å². The fourth-order valence-corrected chi connectivity index (χ4v) is 1.51. The molecule has 0 amide bonds. The Morgan fingerprint density at radius 2 is 1.94 bits per heavy atom. The molecule has 18 heavy (non-hydrogen) atoms. The molecule has 0 radical (unpaired) electrons. The van der Waals surface area contributed by atoms with E-state index in [4.69, 9.17) is 0 Å². The summed E-state index contributed by atoms with van der Waals surface area (Å²) in [6.07, 6.45) is 3.20. The van der Waals surface area contributed by atoms with Crippen molar-refractivity contribution < 1.29 is 0 Å². The molecule has 0 aliphatic rings. The average Bonchev–Trinajstić information content (AvgIpc) is 2.94. The summed E-state index contributed by atoms with van der Waals surface area (Å²) in [6, 6.07) is 9.79. The Balaban J connectivity index is 1.81. The van der Waals surface area contributed by atoms with Gasteiger partial charge in [0.1, 0.15) is 18.6 Å². The molecule has 7 nitrogen and oxygen atoms in total. The number of rotatable bonds is 3. The van der Waals surface area contributed by atoms with Gasteiger partial charge < -0.3 is 0 Å². The number of hydrogen-bond acceptors (Lipinski definition) is 6. The number of hydrogen-bond donors (Lipinski definition) is 0. The third kappa shape index (κ3) is 2.19. The molecule has 88 valence electrons. The van der Waals surface area contributed by atoms with Crippen molar-refractivity contribution in [2.24, 2.45) is 0 Å². The van der Waals surface area contributed by atoms with Gasteiger partial charge in [-0.2, -0.15) is 0 Å². The van der Waals surface area contributed by atoms with Gasteiger partial charge in [-0.05, 0) is 10.4 Å². The Kier molecular flexibility index (Phi) is 2.71. The predicted molar refractivity (Wildman–Crippen MR) is 62.2 cm³/mol. The molecule has 0 N–H and O–H groups in total. The lowest BCUT2D eigenvalue weighted by Crippen LogP contribution is -2.06. The van der Waals surface area contributed by atoms with Crippen LogP contribution in [0.3, 0.4) is 0 Å². The lowest BCUT2D eigenvalue weighted by Gasteiger charge is -2.00. The summed E-state index contributed by atoms with van der Waals surface area (Å²) in [5.41, 5.74) is 1.74. The molecule has 0 bridgehead atoms. The first-order valence-corrected chi connectivity index (χ1v) is 5.36. The van der Waals surface area contributed by atoms with Crippen LogP contribution in [-0.2, 0) is 6.54 Å². The van der Waals surface area contributed by atoms with Crippen LogP contribution in [0.4, 0.5) is 0 Å². The summed E-state index contributed by atoms with van der Waals surface area (Å²) in [5, 5.41) is 19.0. The van der Waals surface area contributed by atoms with E-state index in [9.17, 15) is 0 Å². The topological polar surface area (TPSA) is 82.3 Å². The van der Waals surface area contributed by atoms with Crippen molar-refractivity contribution in [3.63, 3.8) is 0 Å². The van der Waals surface area contributed by atoms with Crippen LogP contribution < -0.4 is 0 Å². The van der Waals surface area contributed by atoms with Gasteiger partial charge >= 0.3 is 0 Å². The number of benzene rings is 1. The Morgan fingerprint density at radius 1 is 1.06 bits per heavy atom. The largest absolute Gasteiger partial charge is 0.235 e. The van der Waals surface area contributed by atoms with E-state index >= 15 is 0 Å². The van der Waals surface area contributed by atoms with E-state index in [1.807, 2.05) is 30.3 Å². The fraction of sp³-hybridized carbons (Fsp3) is 0.0909. The monoisotopic (exact) mass is 239 g/mol. The summed E-state index contributed by atoms with van der Waals surface area (Å²) in [4.78, 5) is 4.24. The SMILES string of the molecule is c1ccc(-c2cnc(Cn3cnnn3)nn2)cc1. The molecule has 0 aliphatic carbocycles. The van der Waals surface area contributed by atoms with E-state index in [1.165, 1.54) is 6.33 Å². The first-order valence-electron chi connectivity index (χ1n) is 5.36. The van der Waals surface area contributed by atoms with E-state index in [0.717, 1.165) is 11.3 Å². The van der Waals surface area contributed by atoms with E-state index in [0.29, 0.717) is 12.4 Å². The van der Waals surface area contributed by atoms with Crippen LogP contribution in [0, 0.1) is 0 Å². The predicted octanol–water partition coefficient (Wildman–Crippen LogP) is 0.573. The van der Waals surface area contributed by atoms with Gasteiger partial charge in [0.25, 0.3) is 0 Å². The number of nitrogens with zero attached hydrogens (tertiary/aromatic N) is 7. The molecule has 0 aliphatic heterocycles. The molecule has 0 spiro atoms. The second-order valence-corrected chi connectivity index (χ2v) is 3.63. The highest BCUT2D eigenvalue weighted by Gasteiger charge is 2.03. The van der Waals surface area contributed by atoms with E-state index in [-0.39, 0.29) is 0 Å². The van der Waals surface area contributed by atoms with Crippen molar-refractivity contribution in [3.05, 3.63) is 48.7 Å². The first-order chi connectivity index (χ1) is 8.92. The van der Waals surface area contributed by atoms with E-state index in [2.05, 4.69) is 30.7 Å². The highest BCUT2D eigenvalue weighted by molar-refractivity contribution is 5.56. The maximum Gasteiger partial charge on any atom is 0.172 e. The highest BCUT2D eigenvalue weighted by atomic mass is 15.5. The zero-order chi connectivity index (χ0) is 12.2. The quantitative estimate of drug-likeness (QED) is 0.664. The molecule has 3 rings (SSSR count). The van der Waals surface area contributed by atoms with Crippen molar-refractivity contribution in [2.75, 3.05) is 0 Å². The van der Waals surface area contributed by atoms with Crippen LogP contribution in [0.1, 0.15) is 5.82 Å². The van der Waals surface area contributed by atoms with Gasteiger partial charge in [-0.25, -0.2) is 9.67 Å². The highest BCUT2D eigenvalue weighted by Crippen LogP contribution is 2.13. The van der Waals surface area contributed by atoms with Crippen LogP contribution in [0.5, 0.6) is 0 Å². The molecule has 0 unspecified atom stereocenters. The maximum absolute atomic E-state index is 4.24. The molecular formula is C11H9N7. The molecule has 2 heterocycles. The number of aromatic nitrogens is 7. The molecule has 3 aromatic rings. The van der Waals surface area contributed by atoms with Crippen molar-refractivity contribution in [3.8, 4) is 11.3 Å². The second-order valence-electron chi connectivity index (χ2n) is 3.63. The molecule has 2 aromatic heterocycles. The summed E-state index contributed by atoms with van der Waals surface area (Å²) in [7, 11) is 0. The van der Waals surface area contributed by atoms with Gasteiger partial charge in [-0.15, -0.1) is 15.3 Å². The number of tetrazole rings is 1. The Bertz CT molecular complexity index is 604. The maximum atomic E-state index is 4.24. The van der Waals surface area contributed by atoms with Crippen molar-refractivity contribution in [1.82, 2.24) is 35.4 Å². The minimum atomic E-state index is 0.412. The van der Waals surface area contributed by atoms with Crippen LogP contribution in [0.15, 0.2) is 42.9 Å². The summed E-state index contributed by atoms with van der Waals surface area (Å²) >= 11 is 0. The minimum absolute atomic E-state index is 0.412. The molecule has 0 saturated heterocycles. The normalized spacial score (nSPS) is 10.4. The zero-order valence-corrected chi connectivity index (χ0v) is 9.38. The van der Waals surface area contributed by atoms with Crippen LogP contribution in [-0.4, -0.2) is 35.4 Å². The minimum Gasteiger partial charge on any atom is -0.235 e. The van der Waals surface area contributed by atoms with Crippen molar-refractivity contribution in [1.29, 1.82) is 0 Å². The summed E-state index contributed by atoms with van der Waals surface area (Å²) in [5.74, 6) is 0.571. The van der Waals surface area contributed by atoms with Gasteiger partial charge in [-0.3, -0.25) is 0 Å². The smallest absolute Gasteiger partial charge is 0.172 e. The van der Waals surface area contributed by atoms with Gasteiger partial charge in [0.05, 0.1) is 6.20 Å².